The number of thiazole rings is 1. The molecule has 0 aliphatic heterocycles. The van der Waals surface area contributed by atoms with E-state index in [2.05, 4.69) is 25.3 Å². The number of hydrogen-bond donors (Lipinski definition) is 4. The number of hydrogen-bond acceptors (Lipinski definition) is 10. The molecule has 1 unspecified atom stereocenters. The molecule has 14 heteroatoms. The van der Waals surface area contributed by atoms with Crippen LogP contribution in [0.2, 0.25) is 0 Å². The number of aliphatic hydroxyl groups excluding tert-OH is 2. The van der Waals surface area contributed by atoms with Gasteiger partial charge in [0.05, 0.1) is 54.3 Å². The van der Waals surface area contributed by atoms with Crippen molar-refractivity contribution in [1.29, 1.82) is 0 Å². The maximum Gasteiger partial charge on any atom is 0.573 e. The Morgan fingerprint density at radius 3 is 2.57 bits per heavy atom. The van der Waals surface area contributed by atoms with Crippen LogP contribution in [0.25, 0.3) is 21.3 Å². The summed E-state index contributed by atoms with van der Waals surface area (Å²) in [6.07, 6.45) is -5.69. The minimum atomic E-state index is -4.77. The van der Waals surface area contributed by atoms with Crippen LogP contribution in [-0.4, -0.2) is 70.7 Å². The van der Waals surface area contributed by atoms with Gasteiger partial charge in [0.25, 0.3) is 0 Å². The Morgan fingerprint density at radius 1 is 1.03 bits per heavy atom. The first kappa shape index (κ1) is 27.0. The van der Waals surface area contributed by atoms with E-state index in [0.717, 1.165) is 5.52 Å². The summed E-state index contributed by atoms with van der Waals surface area (Å²) in [7, 11) is 1.82. The number of ether oxygens (including phenoxy) is 3. The summed E-state index contributed by atoms with van der Waals surface area (Å²) >= 11 is 1.17. The smallest absolute Gasteiger partial charge is 0.406 e. The quantitative estimate of drug-likeness (QED) is 0.149. The molecule has 0 radical (unpaired) electrons. The summed E-state index contributed by atoms with van der Waals surface area (Å²) < 4.78 is 54.3. The Hall–Kier alpha value is -3.01. The van der Waals surface area contributed by atoms with E-state index in [4.69, 9.17) is 14.6 Å². The number of fused-ring (bicyclic) bond motifs is 2. The van der Waals surface area contributed by atoms with E-state index in [1.165, 1.54) is 29.5 Å². The predicted molar refractivity (Wildman–Crippen MR) is 132 cm³/mol. The first-order valence-corrected chi connectivity index (χ1v) is 12.1. The Morgan fingerprint density at radius 2 is 1.81 bits per heavy atom. The lowest BCUT2D eigenvalue weighted by Gasteiger charge is -2.13. The third kappa shape index (κ3) is 7.28. The van der Waals surface area contributed by atoms with Crippen LogP contribution in [0, 0.1) is 0 Å². The van der Waals surface area contributed by atoms with Crippen LogP contribution >= 0.6 is 11.3 Å². The van der Waals surface area contributed by atoms with Gasteiger partial charge in [-0.25, -0.2) is 9.97 Å². The first-order chi connectivity index (χ1) is 17.7. The van der Waals surface area contributed by atoms with Gasteiger partial charge >= 0.3 is 6.36 Å². The van der Waals surface area contributed by atoms with Crippen LogP contribution in [0.5, 0.6) is 5.75 Å². The van der Waals surface area contributed by atoms with Crippen molar-refractivity contribution in [2.75, 3.05) is 44.9 Å². The van der Waals surface area contributed by atoms with Crippen molar-refractivity contribution in [3.8, 4) is 5.75 Å². The van der Waals surface area contributed by atoms with Crippen molar-refractivity contribution < 1.29 is 37.6 Å². The fraction of sp³-hybridized carbons (Fsp3) is 0.391. The van der Waals surface area contributed by atoms with Gasteiger partial charge in [-0.2, -0.15) is 0 Å². The highest BCUT2D eigenvalue weighted by Crippen LogP contribution is 2.33. The van der Waals surface area contributed by atoms with E-state index in [0.29, 0.717) is 58.7 Å². The van der Waals surface area contributed by atoms with Crippen molar-refractivity contribution in [2.24, 2.45) is 7.05 Å². The number of nitrogens with zero attached hydrogens (tertiary/aromatic N) is 3. The molecule has 0 amide bonds. The molecular formula is C23H26F3N5O5S. The number of aryl methyl sites for hydroxylation is 1. The Bertz CT molecular complexity index is 1330. The zero-order valence-electron chi connectivity index (χ0n) is 19.8. The van der Waals surface area contributed by atoms with Crippen LogP contribution in [0.15, 0.2) is 36.4 Å². The summed E-state index contributed by atoms with van der Waals surface area (Å²) in [5.41, 5.74) is 2.61. The molecular weight excluding hydrogens is 515 g/mol. The molecule has 2 aromatic heterocycles. The summed E-state index contributed by atoms with van der Waals surface area (Å²) in [6.45, 7) is 1.83. The van der Waals surface area contributed by atoms with Crippen LogP contribution in [-0.2, 0) is 16.5 Å². The van der Waals surface area contributed by atoms with Gasteiger partial charge < -0.3 is 34.3 Å². The summed E-state index contributed by atoms with van der Waals surface area (Å²) in [5.74, 6) is 0.175. The molecule has 0 aliphatic rings. The fourth-order valence-corrected chi connectivity index (χ4v) is 4.41. The molecule has 2 aromatic carbocycles. The van der Waals surface area contributed by atoms with Crippen LogP contribution < -0.4 is 15.4 Å². The van der Waals surface area contributed by atoms with Crippen molar-refractivity contribution >= 4 is 43.7 Å². The molecule has 200 valence electrons. The highest BCUT2D eigenvalue weighted by atomic mass is 32.1. The second kappa shape index (κ2) is 12.0. The monoisotopic (exact) mass is 541 g/mol. The van der Waals surface area contributed by atoms with Gasteiger partial charge in [0.1, 0.15) is 12.0 Å². The lowest BCUT2D eigenvalue weighted by Crippen LogP contribution is -2.25. The van der Waals surface area contributed by atoms with Crippen LogP contribution in [0.3, 0.4) is 0 Å². The van der Waals surface area contributed by atoms with Crippen molar-refractivity contribution in [1.82, 2.24) is 19.9 Å². The lowest BCUT2D eigenvalue weighted by atomic mass is 10.1. The highest BCUT2D eigenvalue weighted by molar-refractivity contribution is 7.22. The molecule has 4 N–H and O–H groups in total. The van der Waals surface area contributed by atoms with E-state index in [9.17, 15) is 18.3 Å². The molecule has 0 saturated carbocycles. The number of aromatic nitrogens is 3. The second-order valence-electron chi connectivity index (χ2n) is 7.87. The average Bonchev–Trinajstić information content (AvgIpc) is 3.39. The number of imidazole rings is 1. The topological polar surface area (TPSA) is 123 Å². The van der Waals surface area contributed by atoms with Gasteiger partial charge in [-0.3, -0.25) is 5.32 Å². The summed E-state index contributed by atoms with van der Waals surface area (Å²) in [4.78, 5) is 8.99. The molecule has 1 atom stereocenters. The minimum Gasteiger partial charge on any atom is -0.406 e. The van der Waals surface area contributed by atoms with Gasteiger partial charge in [-0.1, -0.05) is 17.4 Å². The van der Waals surface area contributed by atoms with Gasteiger partial charge in [0.15, 0.2) is 5.13 Å². The number of rotatable bonds is 13. The predicted octanol–water partition coefficient (Wildman–Crippen LogP) is 3.43. The Balaban J connectivity index is 1.38. The van der Waals surface area contributed by atoms with E-state index in [-0.39, 0.29) is 19.0 Å². The van der Waals surface area contributed by atoms with Crippen LogP contribution in [0.1, 0.15) is 11.8 Å². The van der Waals surface area contributed by atoms with Gasteiger partial charge in [-0.15, -0.1) is 13.2 Å². The average molecular weight is 542 g/mol. The van der Waals surface area contributed by atoms with Crippen molar-refractivity contribution in [3.05, 3.63) is 42.0 Å². The zero-order chi connectivity index (χ0) is 26.4. The molecule has 2 heterocycles. The third-order valence-electron chi connectivity index (χ3n) is 5.22. The van der Waals surface area contributed by atoms with Gasteiger partial charge in [0.2, 0.25) is 5.95 Å². The SMILES string of the molecule is Cn1c(Nc2nc3ccc(OC(F)(F)F)cc3s2)nc2cc(C(O)NCCOCCOCCO)ccc21. The first-order valence-electron chi connectivity index (χ1n) is 11.3. The molecule has 10 nitrogen and oxygen atoms in total. The Labute approximate surface area is 213 Å². The normalized spacial score (nSPS) is 12.9. The number of benzene rings is 2. The summed E-state index contributed by atoms with van der Waals surface area (Å²) in [5, 5.41) is 25.7. The molecule has 0 spiro atoms. The number of anilines is 2. The number of alkyl halides is 3. The molecule has 0 bridgehead atoms. The van der Waals surface area contributed by atoms with Crippen molar-refractivity contribution in [3.63, 3.8) is 0 Å². The number of aliphatic hydroxyl groups is 2. The van der Waals surface area contributed by atoms with Gasteiger partial charge in [-0.05, 0) is 29.8 Å². The molecule has 0 aliphatic carbocycles. The standard InChI is InChI=1S/C23H26F3N5O5S/c1-31-18-5-2-14(20(33)27-6-8-34-10-11-35-9-7-32)12-17(18)28-21(31)30-22-29-16-4-3-15(13-19(16)37-22)36-23(24,25)26/h2-5,12-13,20,27,32-33H,6-11H2,1H3,(H,28,29,30). The van der Waals surface area contributed by atoms with E-state index in [1.807, 2.05) is 17.7 Å². The molecule has 0 saturated heterocycles. The van der Waals surface area contributed by atoms with Crippen molar-refractivity contribution in [2.45, 2.75) is 12.6 Å². The van der Waals surface area contributed by atoms with E-state index < -0.39 is 12.6 Å². The Kier molecular flexibility index (Phi) is 8.79. The number of nitrogens with one attached hydrogen (secondary N) is 2. The molecule has 4 rings (SSSR count). The van der Waals surface area contributed by atoms with E-state index in [1.54, 1.807) is 12.1 Å². The number of halogens is 3. The highest BCUT2D eigenvalue weighted by Gasteiger charge is 2.31. The zero-order valence-corrected chi connectivity index (χ0v) is 20.6. The lowest BCUT2D eigenvalue weighted by molar-refractivity contribution is -0.274. The largest absolute Gasteiger partial charge is 0.573 e. The van der Waals surface area contributed by atoms with Crippen LogP contribution in [0.4, 0.5) is 24.3 Å². The second-order valence-corrected chi connectivity index (χ2v) is 8.90. The summed E-state index contributed by atoms with van der Waals surface area (Å²) in [6, 6.07) is 9.36. The molecule has 0 fully saturated rings. The van der Waals surface area contributed by atoms with Gasteiger partial charge in [0, 0.05) is 19.7 Å². The van der Waals surface area contributed by atoms with E-state index >= 15 is 0 Å². The maximum absolute atomic E-state index is 12.5. The molecule has 37 heavy (non-hydrogen) atoms. The fourth-order valence-electron chi connectivity index (χ4n) is 3.52. The maximum atomic E-state index is 12.5. The molecule has 4 aromatic rings. The minimum absolute atomic E-state index is 0.0289. The third-order valence-corrected chi connectivity index (χ3v) is 6.16.